The van der Waals surface area contributed by atoms with Crippen LogP contribution in [0.5, 0.6) is 0 Å². The Morgan fingerprint density at radius 3 is 2.45 bits per heavy atom. The first kappa shape index (κ1) is 17.3. The van der Waals surface area contributed by atoms with Gasteiger partial charge < -0.3 is 4.74 Å². The third-order valence-electron chi connectivity index (χ3n) is 4.96. The van der Waals surface area contributed by atoms with Gasteiger partial charge in [0.2, 0.25) is 0 Å². The van der Waals surface area contributed by atoms with Crippen LogP contribution in [-0.4, -0.2) is 6.61 Å². The van der Waals surface area contributed by atoms with Crippen molar-refractivity contribution in [3.05, 3.63) is 48.0 Å². The summed E-state index contributed by atoms with van der Waals surface area (Å²) in [5, 5.41) is 0. The standard InChI is InChI=1S/C21H32O/c1-3-5-6-16-22-17-19-10-14-21(15-11-19)20-12-8-18(7-4-2)9-13-20/h4,10-11,14-15,18,20H,2-3,5-9,12-13,16-17H2,1H3/t18-,20-. The molecule has 0 bridgehead atoms. The molecule has 0 heterocycles. The van der Waals surface area contributed by atoms with E-state index in [1.165, 1.54) is 62.5 Å². The zero-order chi connectivity index (χ0) is 15.6. The zero-order valence-corrected chi connectivity index (χ0v) is 14.2. The van der Waals surface area contributed by atoms with Crippen molar-refractivity contribution in [2.75, 3.05) is 6.61 Å². The molecule has 1 saturated carbocycles. The van der Waals surface area contributed by atoms with E-state index in [1.54, 1.807) is 0 Å². The molecule has 1 aromatic rings. The van der Waals surface area contributed by atoms with Crippen LogP contribution >= 0.6 is 0 Å². The van der Waals surface area contributed by atoms with Crippen molar-refractivity contribution in [3.63, 3.8) is 0 Å². The van der Waals surface area contributed by atoms with E-state index in [0.717, 1.165) is 25.0 Å². The zero-order valence-electron chi connectivity index (χ0n) is 14.2. The van der Waals surface area contributed by atoms with Crippen LogP contribution in [0.25, 0.3) is 0 Å². The maximum absolute atomic E-state index is 5.74. The number of benzene rings is 1. The minimum Gasteiger partial charge on any atom is -0.377 e. The third-order valence-corrected chi connectivity index (χ3v) is 4.96. The lowest BCUT2D eigenvalue weighted by atomic mass is 9.77. The molecule has 1 aliphatic carbocycles. The Balaban J connectivity index is 1.73. The van der Waals surface area contributed by atoms with Gasteiger partial charge in [-0.25, -0.2) is 0 Å². The van der Waals surface area contributed by atoms with Crippen molar-refractivity contribution in [2.24, 2.45) is 5.92 Å². The molecule has 2 rings (SSSR count). The number of hydrogen-bond acceptors (Lipinski definition) is 1. The third kappa shape index (κ3) is 5.61. The SMILES string of the molecule is C=CC[C@H]1CC[C@H](c2ccc(COCCCCC)cc2)CC1. The van der Waals surface area contributed by atoms with Crippen LogP contribution < -0.4 is 0 Å². The molecule has 22 heavy (non-hydrogen) atoms. The van der Waals surface area contributed by atoms with Gasteiger partial charge in [0, 0.05) is 6.61 Å². The van der Waals surface area contributed by atoms with E-state index in [2.05, 4.69) is 43.8 Å². The number of ether oxygens (including phenoxy) is 1. The molecule has 0 N–H and O–H groups in total. The summed E-state index contributed by atoms with van der Waals surface area (Å²) in [6, 6.07) is 9.16. The largest absolute Gasteiger partial charge is 0.377 e. The van der Waals surface area contributed by atoms with Gasteiger partial charge >= 0.3 is 0 Å². The molecule has 1 aromatic carbocycles. The van der Waals surface area contributed by atoms with Gasteiger partial charge in [0.05, 0.1) is 6.61 Å². The van der Waals surface area contributed by atoms with E-state index in [4.69, 9.17) is 4.74 Å². The second-order valence-electron chi connectivity index (χ2n) is 6.74. The Morgan fingerprint density at radius 2 is 1.82 bits per heavy atom. The minimum atomic E-state index is 0.760. The molecule has 0 spiro atoms. The summed E-state index contributed by atoms with van der Waals surface area (Å²) in [7, 11) is 0. The molecule has 0 atom stereocenters. The quantitative estimate of drug-likeness (QED) is 0.387. The smallest absolute Gasteiger partial charge is 0.0716 e. The molecule has 0 unspecified atom stereocenters. The number of allylic oxidation sites excluding steroid dienone is 1. The lowest BCUT2D eigenvalue weighted by Crippen LogP contribution is -2.12. The second kappa shape index (κ2) is 9.84. The van der Waals surface area contributed by atoms with Gasteiger partial charge in [-0.05, 0) is 61.5 Å². The fraction of sp³-hybridized carbons (Fsp3) is 0.619. The highest BCUT2D eigenvalue weighted by Crippen LogP contribution is 2.37. The monoisotopic (exact) mass is 300 g/mol. The van der Waals surface area contributed by atoms with Crippen molar-refractivity contribution in [3.8, 4) is 0 Å². The van der Waals surface area contributed by atoms with Gasteiger partial charge in [-0.1, -0.05) is 50.1 Å². The Kier molecular flexibility index (Phi) is 7.73. The summed E-state index contributed by atoms with van der Waals surface area (Å²) in [4.78, 5) is 0. The van der Waals surface area contributed by atoms with E-state index >= 15 is 0 Å². The average Bonchev–Trinajstić information content (AvgIpc) is 2.56. The Labute approximate surface area is 136 Å². The number of hydrogen-bond donors (Lipinski definition) is 0. The molecule has 1 nitrogen and oxygen atoms in total. The Hall–Kier alpha value is -1.08. The van der Waals surface area contributed by atoms with Crippen molar-refractivity contribution >= 4 is 0 Å². The summed E-state index contributed by atoms with van der Waals surface area (Å²) >= 11 is 0. The molecule has 0 aliphatic heterocycles. The van der Waals surface area contributed by atoms with Crippen LogP contribution in [-0.2, 0) is 11.3 Å². The van der Waals surface area contributed by atoms with Gasteiger partial charge in [0.15, 0.2) is 0 Å². The van der Waals surface area contributed by atoms with E-state index < -0.39 is 0 Å². The van der Waals surface area contributed by atoms with Gasteiger partial charge in [0.1, 0.15) is 0 Å². The van der Waals surface area contributed by atoms with Crippen LogP contribution in [0.15, 0.2) is 36.9 Å². The van der Waals surface area contributed by atoms with Gasteiger partial charge in [-0.3, -0.25) is 0 Å². The molecule has 0 radical (unpaired) electrons. The van der Waals surface area contributed by atoms with Crippen LogP contribution in [0.1, 0.15) is 75.3 Å². The van der Waals surface area contributed by atoms with Crippen molar-refractivity contribution < 1.29 is 4.74 Å². The highest BCUT2D eigenvalue weighted by molar-refractivity contribution is 5.25. The summed E-state index contributed by atoms with van der Waals surface area (Å²) in [6.45, 7) is 7.75. The fourth-order valence-corrected chi connectivity index (χ4v) is 3.50. The maximum Gasteiger partial charge on any atom is 0.0716 e. The predicted octanol–water partition coefficient (Wildman–Crippen LogP) is 6.24. The summed E-state index contributed by atoms with van der Waals surface area (Å²) in [5.74, 6) is 1.64. The second-order valence-corrected chi connectivity index (χ2v) is 6.74. The van der Waals surface area contributed by atoms with E-state index in [-0.39, 0.29) is 0 Å². The molecule has 0 amide bonds. The van der Waals surface area contributed by atoms with Crippen molar-refractivity contribution in [2.45, 2.75) is 70.8 Å². The fourth-order valence-electron chi connectivity index (χ4n) is 3.50. The van der Waals surface area contributed by atoms with Crippen molar-refractivity contribution in [1.82, 2.24) is 0 Å². The van der Waals surface area contributed by atoms with Gasteiger partial charge in [0.25, 0.3) is 0 Å². The van der Waals surface area contributed by atoms with Crippen LogP contribution in [0.3, 0.4) is 0 Å². The first-order chi connectivity index (χ1) is 10.8. The maximum atomic E-state index is 5.74. The summed E-state index contributed by atoms with van der Waals surface area (Å²) in [5.41, 5.74) is 2.83. The molecule has 1 heteroatoms. The average molecular weight is 300 g/mol. The van der Waals surface area contributed by atoms with E-state index in [0.29, 0.717) is 0 Å². The van der Waals surface area contributed by atoms with Crippen LogP contribution in [0, 0.1) is 5.92 Å². The van der Waals surface area contributed by atoms with E-state index in [1.807, 2.05) is 0 Å². The first-order valence-corrected chi connectivity index (χ1v) is 9.11. The minimum absolute atomic E-state index is 0.760. The number of rotatable bonds is 9. The lowest BCUT2D eigenvalue weighted by Gasteiger charge is -2.28. The molecular formula is C21H32O. The molecule has 0 saturated heterocycles. The summed E-state index contributed by atoms with van der Waals surface area (Å²) in [6.07, 6.45) is 12.4. The highest BCUT2D eigenvalue weighted by atomic mass is 16.5. The lowest BCUT2D eigenvalue weighted by molar-refractivity contribution is 0.117. The topological polar surface area (TPSA) is 9.23 Å². The molecule has 1 aliphatic rings. The molecule has 0 aromatic heterocycles. The Morgan fingerprint density at radius 1 is 1.09 bits per heavy atom. The molecule has 122 valence electrons. The summed E-state index contributed by atoms with van der Waals surface area (Å²) < 4.78 is 5.74. The number of unbranched alkanes of at least 4 members (excludes halogenated alkanes) is 2. The normalized spacial score (nSPS) is 21.7. The predicted molar refractivity (Wildman–Crippen MR) is 95.1 cm³/mol. The van der Waals surface area contributed by atoms with Crippen molar-refractivity contribution in [1.29, 1.82) is 0 Å². The van der Waals surface area contributed by atoms with E-state index in [9.17, 15) is 0 Å². The molecular weight excluding hydrogens is 268 g/mol. The first-order valence-electron chi connectivity index (χ1n) is 9.11. The Bertz CT molecular complexity index is 412. The van der Waals surface area contributed by atoms with Gasteiger partial charge in [-0.2, -0.15) is 0 Å². The molecule has 1 fully saturated rings. The highest BCUT2D eigenvalue weighted by Gasteiger charge is 2.21. The van der Waals surface area contributed by atoms with Crippen LogP contribution in [0.4, 0.5) is 0 Å². The van der Waals surface area contributed by atoms with Gasteiger partial charge in [-0.15, -0.1) is 6.58 Å². The van der Waals surface area contributed by atoms with Crippen LogP contribution in [0.2, 0.25) is 0 Å².